The maximum atomic E-state index is 12.0. The molecule has 0 heterocycles. The number of aromatic hydroxyl groups is 2. The van der Waals surface area contributed by atoms with Crippen LogP contribution >= 0.6 is 0 Å². The van der Waals surface area contributed by atoms with E-state index >= 15 is 0 Å². The summed E-state index contributed by atoms with van der Waals surface area (Å²) in [5, 5.41) is 30.4. The lowest BCUT2D eigenvalue weighted by atomic mass is 10.0. The minimum absolute atomic E-state index is 0.0221. The third-order valence-electron chi connectivity index (χ3n) is 3.38. The fraction of sp³-hybridized carbons (Fsp3) is 0.385. The number of amides is 1. The highest BCUT2D eigenvalue weighted by atomic mass is 16.4. The summed E-state index contributed by atoms with van der Waals surface area (Å²) in [6.07, 6.45) is 1.91. The molecule has 2 atom stereocenters. The van der Waals surface area contributed by atoms with Crippen LogP contribution in [0.3, 0.4) is 0 Å². The predicted octanol–water partition coefficient (Wildman–Crippen LogP) is 1.08. The molecule has 0 bridgehead atoms. The lowest BCUT2D eigenvalue weighted by Gasteiger charge is -2.17. The summed E-state index contributed by atoms with van der Waals surface area (Å²) in [6, 6.07) is 3.24. The average Bonchev–Trinajstić information content (AvgIpc) is 2.76. The zero-order valence-electron chi connectivity index (χ0n) is 10.2. The number of phenols is 2. The Balaban J connectivity index is 2.10. The van der Waals surface area contributed by atoms with Crippen LogP contribution < -0.4 is 5.32 Å². The highest BCUT2D eigenvalue weighted by Crippen LogP contribution is 2.27. The Kier molecular flexibility index (Phi) is 3.59. The third-order valence-corrected chi connectivity index (χ3v) is 3.38. The Morgan fingerprint density at radius 2 is 1.95 bits per heavy atom. The largest absolute Gasteiger partial charge is 0.508 e. The lowest BCUT2D eigenvalue weighted by molar-refractivity contribution is -0.142. The molecule has 1 fully saturated rings. The predicted molar refractivity (Wildman–Crippen MR) is 66.0 cm³/mol. The van der Waals surface area contributed by atoms with Crippen molar-refractivity contribution in [3.63, 3.8) is 0 Å². The van der Waals surface area contributed by atoms with Crippen molar-refractivity contribution < 1.29 is 24.9 Å². The molecule has 0 saturated heterocycles. The second kappa shape index (κ2) is 5.17. The monoisotopic (exact) mass is 265 g/mol. The number of carboxylic acid groups (broad SMARTS) is 1. The van der Waals surface area contributed by atoms with E-state index in [1.54, 1.807) is 0 Å². The Morgan fingerprint density at radius 3 is 2.58 bits per heavy atom. The van der Waals surface area contributed by atoms with Crippen molar-refractivity contribution in [2.45, 2.75) is 25.3 Å². The van der Waals surface area contributed by atoms with Crippen molar-refractivity contribution in [1.29, 1.82) is 0 Å². The van der Waals surface area contributed by atoms with E-state index in [1.165, 1.54) is 12.1 Å². The standard InChI is InChI=1S/C13H15NO5/c15-7-4-5-9(11(16)6-7)12(17)14-10-3-1-2-8(10)13(18)19/h4-6,8,10,15-16H,1-3H2,(H,14,17)(H,18,19). The SMILES string of the molecule is O=C(NC1CCCC1C(=O)O)c1ccc(O)cc1O. The summed E-state index contributed by atoms with van der Waals surface area (Å²) in [7, 11) is 0. The van der Waals surface area contributed by atoms with E-state index in [-0.39, 0.29) is 17.1 Å². The molecule has 6 nitrogen and oxygen atoms in total. The van der Waals surface area contributed by atoms with Gasteiger partial charge in [-0.3, -0.25) is 9.59 Å². The van der Waals surface area contributed by atoms with Gasteiger partial charge >= 0.3 is 5.97 Å². The summed E-state index contributed by atoms with van der Waals surface area (Å²) in [6.45, 7) is 0. The molecular formula is C13H15NO5. The van der Waals surface area contributed by atoms with E-state index in [1.807, 2.05) is 0 Å². The molecule has 1 aliphatic carbocycles. The fourth-order valence-electron chi connectivity index (χ4n) is 2.39. The number of phenolic OH excluding ortho intramolecular Hbond substituents is 2. The van der Waals surface area contributed by atoms with Gasteiger partial charge in [-0.1, -0.05) is 6.42 Å². The number of aliphatic carboxylic acids is 1. The number of carbonyl (C=O) groups excluding carboxylic acids is 1. The van der Waals surface area contributed by atoms with Gasteiger partial charge in [0, 0.05) is 12.1 Å². The van der Waals surface area contributed by atoms with E-state index in [4.69, 9.17) is 10.2 Å². The lowest BCUT2D eigenvalue weighted by Crippen LogP contribution is -2.40. The van der Waals surface area contributed by atoms with E-state index in [2.05, 4.69) is 5.32 Å². The first-order valence-corrected chi connectivity index (χ1v) is 6.04. The minimum Gasteiger partial charge on any atom is -0.508 e. The van der Waals surface area contributed by atoms with Crippen LogP contribution in [0, 0.1) is 5.92 Å². The molecule has 0 spiro atoms. The number of hydrogen-bond acceptors (Lipinski definition) is 4. The van der Waals surface area contributed by atoms with E-state index < -0.39 is 23.8 Å². The van der Waals surface area contributed by atoms with Gasteiger partial charge in [0.25, 0.3) is 5.91 Å². The smallest absolute Gasteiger partial charge is 0.308 e. The van der Waals surface area contributed by atoms with Gasteiger partial charge in [-0.25, -0.2) is 0 Å². The first-order valence-electron chi connectivity index (χ1n) is 6.04. The number of carboxylic acids is 1. The molecular weight excluding hydrogens is 250 g/mol. The quantitative estimate of drug-likeness (QED) is 0.654. The molecule has 102 valence electrons. The summed E-state index contributed by atoms with van der Waals surface area (Å²) in [4.78, 5) is 23.0. The van der Waals surface area contributed by atoms with Crippen LogP contribution in [0.25, 0.3) is 0 Å². The summed E-state index contributed by atoms with van der Waals surface area (Å²) in [5.41, 5.74) is 0.0221. The van der Waals surface area contributed by atoms with Crippen LogP contribution in [0.5, 0.6) is 11.5 Å². The maximum Gasteiger partial charge on any atom is 0.308 e. The van der Waals surface area contributed by atoms with Crippen LogP contribution in [-0.2, 0) is 4.79 Å². The Hall–Kier alpha value is -2.24. The molecule has 19 heavy (non-hydrogen) atoms. The molecule has 2 rings (SSSR count). The van der Waals surface area contributed by atoms with Crippen LogP contribution in [0.1, 0.15) is 29.6 Å². The molecule has 2 unspecified atom stereocenters. The molecule has 6 heteroatoms. The third kappa shape index (κ3) is 2.78. The van der Waals surface area contributed by atoms with Gasteiger partial charge in [0.05, 0.1) is 11.5 Å². The molecule has 1 saturated carbocycles. The topological polar surface area (TPSA) is 107 Å². The molecule has 0 aromatic heterocycles. The molecule has 1 amide bonds. The van der Waals surface area contributed by atoms with Crippen molar-refractivity contribution in [3.8, 4) is 11.5 Å². The first kappa shape index (κ1) is 13.2. The van der Waals surface area contributed by atoms with E-state index in [0.717, 1.165) is 12.5 Å². The molecule has 0 radical (unpaired) electrons. The van der Waals surface area contributed by atoms with Crippen LogP contribution in [-0.4, -0.2) is 33.2 Å². The second-order valence-corrected chi connectivity index (χ2v) is 4.66. The average molecular weight is 265 g/mol. The highest BCUT2D eigenvalue weighted by Gasteiger charge is 2.34. The molecule has 0 aliphatic heterocycles. The van der Waals surface area contributed by atoms with Crippen LogP contribution in [0.15, 0.2) is 18.2 Å². The van der Waals surface area contributed by atoms with Gasteiger partial charge in [0.15, 0.2) is 0 Å². The molecule has 1 aliphatic rings. The summed E-state index contributed by atoms with van der Waals surface area (Å²) >= 11 is 0. The maximum absolute atomic E-state index is 12.0. The van der Waals surface area contributed by atoms with Gasteiger partial charge in [0.2, 0.25) is 0 Å². The van der Waals surface area contributed by atoms with Gasteiger partial charge in [-0.05, 0) is 25.0 Å². The Morgan fingerprint density at radius 1 is 1.21 bits per heavy atom. The van der Waals surface area contributed by atoms with E-state index in [9.17, 15) is 14.7 Å². The molecule has 1 aromatic rings. The number of benzene rings is 1. The zero-order valence-corrected chi connectivity index (χ0v) is 10.2. The van der Waals surface area contributed by atoms with Crippen molar-refractivity contribution in [2.75, 3.05) is 0 Å². The Bertz CT molecular complexity index is 514. The second-order valence-electron chi connectivity index (χ2n) is 4.66. The number of carbonyl (C=O) groups is 2. The highest BCUT2D eigenvalue weighted by molar-refractivity contribution is 5.97. The Labute approximate surface area is 109 Å². The normalized spacial score (nSPS) is 22.1. The van der Waals surface area contributed by atoms with Gasteiger partial charge in [-0.2, -0.15) is 0 Å². The van der Waals surface area contributed by atoms with Crippen LogP contribution in [0.2, 0.25) is 0 Å². The minimum atomic E-state index is -0.919. The first-order chi connectivity index (χ1) is 8.99. The number of hydrogen-bond donors (Lipinski definition) is 4. The van der Waals surface area contributed by atoms with Crippen molar-refractivity contribution in [2.24, 2.45) is 5.92 Å². The van der Waals surface area contributed by atoms with Crippen molar-refractivity contribution in [1.82, 2.24) is 5.32 Å². The van der Waals surface area contributed by atoms with Gasteiger partial charge < -0.3 is 20.6 Å². The summed E-state index contributed by atoms with van der Waals surface area (Å²) in [5.74, 6) is -2.50. The molecule has 1 aromatic carbocycles. The molecule has 4 N–H and O–H groups in total. The number of rotatable bonds is 3. The number of nitrogens with one attached hydrogen (secondary N) is 1. The van der Waals surface area contributed by atoms with Crippen molar-refractivity contribution >= 4 is 11.9 Å². The van der Waals surface area contributed by atoms with E-state index in [0.29, 0.717) is 12.8 Å². The summed E-state index contributed by atoms with van der Waals surface area (Å²) < 4.78 is 0. The van der Waals surface area contributed by atoms with Gasteiger partial charge in [0.1, 0.15) is 11.5 Å². The fourth-order valence-corrected chi connectivity index (χ4v) is 2.39. The van der Waals surface area contributed by atoms with Crippen LogP contribution in [0.4, 0.5) is 0 Å². The van der Waals surface area contributed by atoms with Gasteiger partial charge in [-0.15, -0.1) is 0 Å². The van der Waals surface area contributed by atoms with Crippen molar-refractivity contribution in [3.05, 3.63) is 23.8 Å². The zero-order chi connectivity index (χ0) is 14.0.